The number of esters is 1. The number of hydrogen-bond donors (Lipinski definition) is 0. The lowest BCUT2D eigenvalue weighted by molar-refractivity contribution is -0.152. The summed E-state index contributed by atoms with van der Waals surface area (Å²) < 4.78 is 5.62. The minimum atomic E-state index is -0.128. The highest BCUT2D eigenvalue weighted by Gasteiger charge is 2.58. The van der Waals surface area contributed by atoms with Gasteiger partial charge in [-0.05, 0) is 98.2 Å². The van der Waals surface area contributed by atoms with Crippen LogP contribution < -0.4 is 0 Å². The summed E-state index contributed by atoms with van der Waals surface area (Å²) >= 11 is 0. The summed E-state index contributed by atoms with van der Waals surface area (Å²) in [7, 11) is 2.00. The molecule has 0 aromatic carbocycles. The Bertz CT molecular complexity index is 790. The van der Waals surface area contributed by atoms with Crippen molar-refractivity contribution in [2.75, 3.05) is 13.6 Å². The van der Waals surface area contributed by atoms with Gasteiger partial charge in [0.05, 0.1) is 0 Å². The van der Waals surface area contributed by atoms with Gasteiger partial charge < -0.3 is 9.64 Å². The van der Waals surface area contributed by atoms with Gasteiger partial charge in [0, 0.05) is 26.9 Å². The molecule has 0 spiro atoms. The van der Waals surface area contributed by atoms with Crippen molar-refractivity contribution < 1.29 is 14.3 Å². The number of hydrogen-bond acceptors (Lipinski definition) is 3. The molecule has 33 heavy (non-hydrogen) atoms. The number of carbonyl (C=O) groups excluding carboxylic acids is 2. The molecule has 4 heteroatoms. The van der Waals surface area contributed by atoms with Gasteiger partial charge in [0.2, 0.25) is 5.91 Å². The first-order valence-corrected chi connectivity index (χ1v) is 13.7. The van der Waals surface area contributed by atoms with Gasteiger partial charge >= 0.3 is 5.97 Å². The Kier molecular flexibility index (Phi) is 7.05. The maximum atomic E-state index is 12.4. The van der Waals surface area contributed by atoms with Crippen LogP contribution in [0.4, 0.5) is 0 Å². The van der Waals surface area contributed by atoms with Crippen LogP contribution in [0.15, 0.2) is 11.6 Å². The van der Waals surface area contributed by atoms with E-state index in [0.717, 1.165) is 32.2 Å². The Morgan fingerprint density at radius 2 is 1.82 bits per heavy atom. The van der Waals surface area contributed by atoms with E-state index in [9.17, 15) is 9.59 Å². The SMILES string of the molecule is CCCC(=O)N(C)C[C@@H](C)[C@H]1CC[C@H]2C3=CC[C@H]4C[C@@H](OC(C)=O)CC[C@]4(C)[C@H]3CC[C@]12C. The van der Waals surface area contributed by atoms with E-state index in [1.807, 2.05) is 11.9 Å². The van der Waals surface area contributed by atoms with Crippen molar-refractivity contribution in [2.45, 2.75) is 105 Å². The minimum Gasteiger partial charge on any atom is -0.463 e. The Hall–Kier alpha value is -1.32. The van der Waals surface area contributed by atoms with E-state index in [-0.39, 0.29) is 12.1 Å². The lowest BCUT2D eigenvalue weighted by Gasteiger charge is -2.58. The molecule has 0 radical (unpaired) electrons. The van der Waals surface area contributed by atoms with Crippen molar-refractivity contribution >= 4 is 11.9 Å². The summed E-state index contributed by atoms with van der Waals surface area (Å²) in [6, 6.07) is 0. The second kappa shape index (κ2) is 9.38. The molecule has 0 heterocycles. The molecule has 0 saturated heterocycles. The van der Waals surface area contributed by atoms with Crippen molar-refractivity contribution in [2.24, 2.45) is 40.4 Å². The molecule has 0 aromatic heterocycles. The molecule has 4 rings (SSSR count). The van der Waals surface area contributed by atoms with Crippen molar-refractivity contribution in [3.8, 4) is 0 Å². The highest BCUT2D eigenvalue weighted by Crippen LogP contribution is 2.66. The molecule has 4 aliphatic rings. The van der Waals surface area contributed by atoms with E-state index >= 15 is 0 Å². The lowest BCUT2D eigenvalue weighted by atomic mass is 9.47. The van der Waals surface area contributed by atoms with Gasteiger partial charge in [-0.2, -0.15) is 0 Å². The van der Waals surface area contributed by atoms with Gasteiger partial charge in [-0.15, -0.1) is 0 Å². The average Bonchev–Trinajstić information content (AvgIpc) is 3.11. The monoisotopic (exact) mass is 457 g/mol. The minimum absolute atomic E-state index is 0.119. The van der Waals surface area contributed by atoms with Crippen LogP contribution in [-0.4, -0.2) is 36.5 Å². The fourth-order valence-electron chi connectivity index (χ4n) is 8.86. The molecule has 1 amide bonds. The van der Waals surface area contributed by atoms with Crippen LogP contribution in [0.1, 0.15) is 98.8 Å². The predicted molar refractivity (Wildman–Crippen MR) is 132 cm³/mol. The molecule has 8 atom stereocenters. The van der Waals surface area contributed by atoms with Crippen molar-refractivity contribution in [1.82, 2.24) is 4.90 Å². The molecule has 0 unspecified atom stereocenters. The smallest absolute Gasteiger partial charge is 0.302 e. The van der Waals surface area contributed by atoms with Crippen LogP contribution >= 0.6 is 0 Å². The maximum Gasteiger partial charge on any atom is 0.302 e. The zero-order chi connectivity index (χ0) is 24.0. The zero-order valence-electron chi connectivity index (χ0n) is 22.0. The Labute approximate surface area is 201 Å². The number of rotatable bonds is 6. The summed E-state index contributed by atoms with van der Waals surface area (Å²) in [5.41, 5.74) is 2.51. The fraction of sp³-hybridized carbons (Fsp3) is 0.862. The zero-order valence-corrected chi connectivity index (χ0v) is 22.0. The fourth-order valence-corrected chi connectivity index (χ4v) is 8.86. The van der Waals surface area contributed by atoms with E-state index in [4.69, 9.17) is 4.74 Å². The van der Waals surface area contributed by atoms with Crippen LogP contribution in [0.2, 0.25) is 0 Å². The number of amides is 1. The van der Waals surface area contributed by atoms with Gasteiger partial charge in [0.1, 0.15) is 6.10 Å². The first kappa shape index (κ1) is 24.8. The molecule has 0 aromatic rings. The topological polar surface area (TPSA) is 46.6 Å². The predicted octanol–water partition coefficient (Wildman–Crippen LogP) is 6.39. The summed E-state index contributed by atoms with van der Waals surface area (Å²) in [6.07, 6.45) is 14.0. The summed E-state index contributed by atoms with van der Waals surface area (Å²) in [5, 5.41) is 0. The largest absolute Gasteiger partial charge is 0.463 e. The van der Waals surface area contributed by atoms with E-state index in [2.05, 4.69) is 33.8 Å². The molecule has 3 fully saturated rings. The number of nitrogens with zero attached hydrogens (tertiary/aromatic N) is 1. The van der Waals surface area contributed by atoms with E-state index < -0.39 is 0 Å². The maximum absolute atomic E-state index is 12.4. The second-order valence-electron chi connectivity index (χ2n) is 12.5. The summed E-state index contributed by atoms with van der Waals surface area (Å²) in [5.74, 6) is 3.48. The molecule has 3 saturated carbocycles. The van der Waals surface area contributed by atoms with Gasteiger partial charge in [-0.1, -0.05) is 39.3 Å². The van der Waals surface area contributed by atoms with E-state index in [0.29, 0.717) is 52.7 Å². The average molecular weight is 458 g/mol. The Morgan fingerprint density at radius 3 is 2.52 bits per heavy atom. The molecule has 0 N–H and O–H groups in total. The van der Waals surface area contributed by atoms with Gasteiger partial charge in [0.25, 0.3) is 0 Å². The Morgan fingerprint density at radius 1 is 1.12 bits per heavy atom. The molecule has 0 aliphatic heterocycles. The van der Waals surface area contributed by atoms with Crippen LogP contribution in [0.3, 0.4) is 0 Å². The molecule has 4 nitrogen and oxygen atoms in total. The second-order valence-corrected chi connectivity index (χ2v) is 12.5. The number of carbonyl (C=O) groups is 2. The van der Waals surface area contributed by atoms with Crippen LogP contribution in [-0.2, 0) is 14.3 Å². The highest BCUT2D eigenvalue weighted by molar-refractivity contribution is 5.75. The van der Waals surface area contributed by atoms with Crippen LogP contribution in [0.5, 0.6) is 0 Å². The van der Waals surface area contributed by atoms with Crippen molar-refractivity contribution in [3.05, 3.63) is 11.6 Å². The first-order chi connectivity index (χ1) is 15.6. The highest BCUT2D eigenvalue weighted by atomic mass is 16.5. The molecular weight excluding hydrogens is 410 g/mol. The third-order valence-corrected chi connectivity index (χ3v) is 10.6. The standard InChI is InChI=1S/C29H47NO3/c1-7-8-27(32)30(6)18-19(2)24-11-12-25-23-10-9-21-17-22(33-20(3)31)13-15-28(21,4)26(23)14-16-29(24,25)5/h10,19,21-22,24-26H,7-9,11-18H2,1-6H3/t19-,21+,22+,24-,25+,26+,28+,29-/m1/s1. The van der Waals surface area contributed by atoms with Crippen molar-refractivity contribution in [3.63, 3.8) is 0 Å². The molecule has 0 bridgehead atoms. The van der Waals surface area contributed by atoms with Gasteiger partial charge in [-0.25, -0.2) is 0 Å². The van der Waals surface area contributed by atoms with Gasteiger partial charge in [0.15, 0.2) is 0 Å². The molecular formula is C29H47NO3. The van der Waals surface area contributed by atoms with Gasteiger partial charge in [-0.3, -0.25) is 9.59 Å². The quantitative estimate of drug-likeness (QED) is 0.343. The molecule has 186 valence electrons. The summed E-state index contributed by atoms with van der Waals surface area (Å²) in [4.78, 5) is 25.9. The third kappa shape index (κ3) is 4.41. The van der Waals surface area contributed by atoms with Crippen LogP contribution in [0.25, 0.3) is 0 Å². The van der Waals surface area contributed by atoms with E-state index in [1.54, 1.807) is 12.5 Å². The lowest BCUT2D eigenvalue weighted by Crippen LogP contribution is -2.50. The molecule has 4 aliphatic carbocycles. The number of ether oxygens (including phenoxy) is 1. The number of fused-ring (bicyclic) bond motifs is 5. The number of allylic oxidation sites excluding steroid dienone is 2. The van der Waals surface area contributed by atoms with Crippen LogP contribution in [0, 0.1) is 40.4 Å². The summed E-state index contributed by atoms with van der Waals surface area (Å²) in [6.45, 7) is 12.0. The first-order valence-electron chi connectivity index (χ1n) is 13.7. The van der Waals surface area contributed by atoms with E-state index in [1.165, 1.54) is 32.1 Å². The third-order valence-electron chi connectivity index (χ3n) is 10.6. The van der Waals surface area contributed by atoms with Crippen molar-refractivity contribution in [1.29, 1.82) is 0 Å². The normalized spacial score (nSPS) is 40.7. The Balaban J connectivity index is 1.48.